The molecule has 0 spiro atoms. The van der Waals surface area contributed by atoms with Crippen molar-refractivity contribution >= 4 is 5.97 Å². The fourth-order valence-corrected chi connectivity index (χ4v) is 1.50. The topological polar surface area (TPSA) is 46.5 Å². The van der Waals surface area contributed by atoms with Crippen molar-refractivity contribution in [2.24, 2.45) is 0 Å². The van der Waals surface area contributed by atoms with Gasteiger partial charge < -0.3 is 9.84 Å². The van der Waals surface area contributed by atoms with Crippen molar-refractivity contribution in [1.29, 1.82) is 0 Å². The number of alkyl halides is 1. The van der Waals surface area contributed by atoms with Crippen LogP contribution in [0.5, 0.6) is 0 Å². The lowest BCUT2D eigenvalue weighted by Gasteiger charge is -2.26. The van der Waals surface area contributed by atoms with Crippen LogP contribution in [0.3, 0.4) is 0 Å². The zero-order valence-electron chi connectivity index (χ0n) is 10.5. The molecule has 0 aromatic heterocycles. The van der Waals surface area contributed by atoms with Gasteiger partial charge in [0.25, 0.3) is 0 Å². The number of rotatable bonds is 4. The Labute approximate surface area is 104 Å². The van der Waals surface area contributed by atoms with Crippen LogP contribution in [0.1, 0.15) is 25.0 Å². The highest BCUT2D eigenvalue weighted by molar-refractivity contribution is 5.76. The quantitative estimate of drug-likeness (QED) is 0.842. The number of hydrogen-bond acceptors (Lipinski definition) is 3. The van der Waals surface area contributed by atoms with Crippen molar-refractivity contribution in [2.75, 3.05) is 6.61 Å². The Balaban J connectivity index is 3.04. The smallest absolute Gasteiger partial charge is 0.344 e. The molecule has 0 radical (unpaired) electrons. The van der Waals surface area contributed by atoms with E-state index in [0.29, 0.717) is 5.56 Å². The molecule has 0 amide bonds. The molecule has 1 aromatic rings. The average Bonchev–Trinajstić information content (AvgIpc) is 2.31. The number of carbonyl (C=O) groups is 1. The van der Waals surface area contributed by atoms with Gasteiger partial charge in [-0.15, -0.1) is 0 Å². The van der Waals surface area contributed by atoms with Gasteiger partial charge in [-0.05, 0) is 38.0 Å². The summed E-state index contributed by atoms with van der Waals surface area (Å²) in [6.45, 7) is 4.20. The maximum absolute atomic E-state index is 13.8. The lowest BCUT2D eigenvalue weighted by atomic mass is 9.90. The molecule has 1 N–H and O–H groups in total. The lowest BCUT2D eigenvalue weighted by Crippen LogP contribution is -2.40. The normalized spacial score (nSPS) is 15.9. The van der Waals surface area contributed by atoms with Crippen molar-refractivity contribution in [2.45, 2.75) is 32.5 Å². The fourth-order valence-electron chi connectivity index (χ4n) is 1.50. The summed E-state index contributed by atoms with van der Waals surface area (Å²) in [6, 6.07) is 3.81. The van der Waals surface area contributed by atoms with Gasteiger partial charge in [-0.2, -0.15) is 0 Å². The molecule has 100 valence electrons. The van der Waals surface area contributed by atoms with Gasteiger partial charge in [-0.1, -0.05) is 12.1 Å². The minimum Gasteiger partial charge on any atom is -0.464 e. The second-order valence-corrected chi connectivity index (χ2v) is 4.23. The molecule has 5 heteroatoms. The van der Waals surface area contributed by atoms with E-state index in [4.69, 9.17) is 0 Å². The van der Waals surface area contributed by atoms with Gasteiger partial charge in [0.1, 0.15) is 11.4 Å². The van der Waals surface area contributed by atoms with E-state index in [1.54, 1.807) is 6.92 Å². The van der Waals surface area contributed by atoms with E-state index in [1.807, 2.05) is 0 Å². The first-order valence-electron chi connectivity index (χ1n) is 5.60. The van der Waals surface area contributed by atoms with E-state index in [1.165, 1.54) is 19.1 Å². The number of hydrogen-bond donors (Lipinski definition) is 1. The first kappa shape index (κ1) is 14.6. The van der Waals surface area contributed by atoms with Crippen molar-refractivity contribution in [3.8, 4) is 0 Å². The van der Waals surface area contributed by atoms with Crippen molar-refractivity contribution < 1.29 is 23.4 Å². The Morgan fingerprint density at radius 2 is 2.17 bits per heavy atom. The van der Waals surface area contributed by atoms with E-state index in [2.05, 4.69) is 4.74 Å². The van der Waals surface area contributed by atoms with Gasteiger partial charge >= 0.3 is 5.97 Å². The lowest BCUT2D eigenvalue weighted by molar-refractivity contribution is -0.160. The summed E-state index contributed by atoms with van der Waals surface area (Å²) < 4.78 is 31.7. The summed E-state index contributed by atoms with van der Waals surface area (Å²) in [5.41, 5.74) is -1.76. The van der Waals surface area contributed by atoms with Crippen molar-refractivity contribution in [1.82, 2.24) is 0 Å². The molecular weight excluding hydrogens is 242 g/mol. The Morgan fingerprint density at radius 3 is 2.67 bits per heavy atom. The Morgan fingerprint density at radius 1 is 1.56 bits per heavy atom. The number of aliphatic hydroxyl groups is 1. The van der Waals surface area contributed by atoms with Crippen LogP contribution in [0, 0.1) is 12.7 Å². The summed E-state index contributed by atoms with van der Waals surface area (Å²) >= 11 is 0. The van der Waals surface area contributed by atoms with Crippen molar-refractivity contribution in [3.05, 3.63) is 35.1 Å². The predicted octanol–water partition coefficient (Wildman–Crippen LogP) is 2.24. The first-order valence-corrected chi connectivity index (χ1v) is 5.60. The highest BCUT2D eigenvalue weighted by atomic mass is 19.1. The summed E-state index contributed by atoms with van der Waals surface area (Å²) in [7, 11) is 0. The molecule has 2 unspecified atom stereocenters. The number of aryl methyl sites for hydroxylation is 1. The molecule has 3 nitrogen and oxygen atoms in total. The van der Waals surface area contributed by atoms with Crippen LogP contribution in [-0.2, 0) is 15.1 Å². The molecule has 2 atom stereocenters. The highest BCUT2D eigenvalue weighted by Crippen LogP contribution is 2.28. The summed E-state index contributed by atoms with van der Waals surface area (Å²) in [4.78, 5) is 11.3. The van der Waals surface area contributed by atoms with Crippen LogP contribution < -0.4 is 0 Å². The van der Waals surface area contributed by atoms with Crippen LogP contribution >= 0.6 is 0 Å². The summed E-state index contributed by atoms with van der Waals surface area (Å²) in [5, 5.41) is 10.0. The van der Waals surface area contributed by atoms with E-state index in [0.717, 1.165) is 13.0 Å². The van der Waals surface area contributed by atoms with Crippen molar-refractivity contribution in [3.63, 3.8) is 0 Å². The van der Waals surface area contributed by atoms with Gasteiger partial charge in [0, 0.05) is 0 Å². The zero-order valence-corrected chi connectivity index (χ0v) is 10.5. The second kappa shape index (κ2) is 5.44. The van der Waals surface area contributed by atoms with Crippen LogP contribution in [0.25, 0.3) is 0 Å². The van der Waals surface area contributed by atoms with Gasteiger partial charge in [-0.3, -0.25) is 0 Å². The summed E-state index contributed by atoms with van der Waals surface area (Å²) in [6.07, 6.45) is -2.26. The molecule has 0 aliphatic heterocycles. The van der Waals surface area contributed by atoms with Crippen LogP contribution in [0.2, 0.25) is 0 Å². The third-order valence-electron chi connectivity index (χ3n) is 2.74. The molecule has 0 bridgehead atoms. The predicted molar refractivity (Wildman–Crippen MR) is 62.2 cm³/mol. The molecule has 0 saturated heterocycles. The maximum Gasteiger partial charge on any atom is 0.344 e. The first-order chi connectivity index (χ1) is 8.30. The van der Waals surface area contributed by atoms with E-state index < -0.39 is 23.6 Å². The van der Waals surface area contributed by atoms with Crippen LogP contribution in [-0.4, -0.2) is 23.9 Å². The standard InChI is InChI=1S/C13H16F2O3/c1-4-18-12(16)11(15)13(3,17)9-6-5-8(2)10(14)7-9/h5-7,11,17H,4H2,1-3H3. The largest absolute Gasteiger partial charge is 0.464 e. The molecular formula is C13H16F2O3. The van der Waals surface area contributed by atoms with Gasteiger partial charge in [-0.25, -0.2) is 13.6 Å². The Hall–Kier alpha value is -1.49. The van der Waals surface area contributed by atoms with E-state index >= 15 is 0 Å². The second-order valence-electron chi connectivity index (χ2n) is 4.23. The number of esters is 1. The fraction of sp³-hybridized carbons (Fsp3) is 0.462. The molecule has 0 saturated carbocycles. The highest BCUT2D eigenvalue weighted by Gasteiger charge is 2.40. The Kier molecular flexibility index (Phi) is 4.40. The number of carbonyl (C=O) groups excluding carboxylic acids is 1. The van der Waals surface area contributed by atoms with Gasteiger partial charge in [0.15, 0.2) is 0 Å². The SMILES string of the molecule is CCOC(=O)C(F)C(C)(O)c1ccc(C)c(F)c1. The minimum absolute atomic E-state index is 0.00819. The number of ether oxygens (including phenoxy) is 1. The zero-order chi connectivity index (χ0) is 13.9. The molecule has 18 heavy (non-hydrogen) atoms. The van der Waals surface area contributed by atoms with Gasteiger partial charge in [0.2, 0.25) is 6.17 Å². The Bertz CT molecular complexity index is 444. The van der Waals surface area contributed by atoms with Crippen LogP contribution in [0.15, 0.2) is 18.2 Å². The molecule has 0 fully saturated rings. The van der Waals surface area contributed by atoms with E-state index in [9.17, 15) is 18.7 Å². The molecule has 1 rings (SSSR count). The molecule has 0 aliphatic carbocycles. The maximum atomic E-state index is 13.8. The molecule has 1 aromatic carbocycles. The number of benzene rings is 1. The number of halogens is 2. The average molecular weight is 258 g/mol. The van der Waals surface area contributed by atoms with E-state index in [-0.39, 0.29) is 12.2 Å². The monoisotopic (exact) mass is 258 g/mol. The minimum atomic E-state index is -2.26. The van der Waals surface area contributed by atoms with Gasteiger partial charge in [0.05, 0.1) is 6.61 Å². The summed E-state index contributed by atoms with van der Waals surface area (Å²) in [5.74, 6) is -1.73. The third kappa shape index (κ3) is 2.85. The van der Waals surface area contributed by atoms with Crippen LogP contribution in [0.4, 0.5) is 8.78 Å². The molecule has 0 heterocycles. The third-order valence-corrected chi connectivity index (χ3v) is 2.74. The molecule has 0 aliphatic rings.